The van der Waals surface area contributed by atoms with Gasteiger partial charge in [0.2, 0.25) is 0 Å². The van der Waals surface area contributed by atoms with Crippen molar-refractivity contribution in [2.24, 2.45) is 0 Å². The molecule has 3 aromatic rings. The third-order valence-corrected chi connectivity index (χ3v) is 4.73. The summed E-state index contributed by atoms with van der Waals surface area (Å²) in [6, 6.07) is 13.7. The fourth-order valence-electron chi connectivity index (χ4n) is 3.30. The highest BCUT2D eigenvalue weighted by Crippen LogP contribution is 2.18. The first kappa shape index (κ1) is 19.1. The number of carbonyl (C=O) groups is 1. The molecule has 5 heteroatoms. The largest absolute Gasteiger partial charge is 0.351 e. The van der Waals surface area contributed by atoms with Crippen LogP contribution in [0.3, 0.4) is 0 Å². The maximum absolute atomic E-state index is 12.1. The zero-order valence-electron chi connectivity index (χ0n) is 16.0. The molecule has 3 rings (SSSR count). The number of para-hydroxylation sites is 2. The molecule has 0 radical (unpaired) electrons. The summed E-state index contributed by atoms with van der Waals surface area (Å²) in [6.07, 6.45) is 8.30. The van der Waals surface area contributed by atoms with E-state index in [1.165, 1.54) is 31.2 Å². The molecule has 0 spiro atoms. The minimum Gasteiger partial charge on any atom is -0.351 e. The number of fused-ring (bicyclic) bond motifs is 1. The number of hydrogen-bond acceptors (Lipinski definition) is 3. The lowest BCUT2D eigenvalue weighted by molar-refractivity contribution is 0.0948. The Morgan fingerprint density at radius 3 is 2.70 bits per heavy atom. The third-order valence-electron chi connectivity index (χ3n) is 4.73. The SMILES string of the molecule is CCCCCCn1c(CCCNC(=O)c2ccccn2)nc2ccccc21. The summed E-state index contributed by atoms with van der Waals surface area (Å²) in [6.45, 7) is 3.86. The Morgan fingerprint density at radius 2 is 1.89 bits per heavy atom. The van der Waals surface area contributed by atoms with Crippen molar-refractivity contribution in [3.8, 4) is 0 Å². The average molecular weight is 364 g/mol. The van der Waals surface area contributed by atoms with Gasteiger partial charge in [-0.2, -0.15) is 0 Å². The van der Waals surface area contributed by atoms with Gasteiger partial charge in [-0.15, -0.1) is 0 Å². The Labute approximate surface area is 160 Å². The van der Waals surface area contributed by atoms with E-state index in [0.717, 1.165) is 30.7 Å². The van der Waals surface area contributed by atoms with Crippen LogP contribution in [0, 0.1) is 0 Å². The van der Waals surface area contributed by atoms with Gasteiger partial charge in [-0.05, 0) is 37.1 Å². The van der Waals surface area contributed by atoms with E-state index >= 15 is 0 Å². The lowest BCUT2D eigenvalue weighted by atomic mass is 10.2. The van der Waals surface area contributed by atoms with Gasteiger partial charge in [0.25, 0.3) is 5.91 Å². The Balaban J connectivity index is 1.58. The number of imidazole rings is 1. The highest BCUT2D eigenvalue weighted by atomic mass is 16.1. The number of aromatic nitrogens is 3. The quantitative estimate of drug-likeness (QED) is 0.543. The molecular formula is C22H28N4O. The molecule has 0 fully saturated rings. The highest BCUT2D eigenvalue weighted by Gasteiger charge is 2.11. The third kappa shape index (κ3) is 5.16. The number of benzene rings is 1. The molecule has 5 nitrogen and oxygen atoms in total. The smallest absolute Gasteiger partial charge is 0.269 e. The number of nitrogens with one attached hydrogen (secondary N) is 1. The molecule has 0 saturated carbocycles. The first-order chi connectivity index (χ1) is 13.3. The van der Waals surface area contributed by atoms with E-state index in [1.807, 2.05) is 18.2 Å². The summed E-state index contributed by atoms with van der Waals surface area (Å²) < 4.78 is 2.35. The van der Waals surface area contributed by atoms with Gasteiger partial charge in [0, 0.05) is 25.7 Å². The predicted octanol–water partition coefficient (Wildman–Crippen LogP) is 4.37. The zero-order chi connectivity index (χ0) is 18.9. The Kier molecular flexibility index (Phi) is 6.97. The van der Waals surface area contributed by atoms with Gasteiger partial charge in [-0.3, -0.25) is 9.78 Å². The van der Waals surface area contributed by atoms with E-state index < -0.39 is 0 Å². The highest BCUT2D eigenvalue weighted by molar-refractivity contribution is 5.92. The van der Waals surface area contributed by atoms with Crippen molar-refractivity contribution in [2.45, 2.75) is 52.0 Å². The number of unbranched alkanes of at least 4 members (excludes halogenated alkanes) is 3. The van der Waals surface area contributed by atoms with Crippen LogP contribution in [-0.2, 0) is 13.0 Å². The van der Waals surface area contributed by atoms with E-state index in [9.17, 15) is 4.79 Å². The summed E-state index contributed by atoms with van der Waals surface area (Å²) in [7, 11) is 0. The summed E-state index contributed by atoms with van der Waals surface area (Å²) in [4.78, 5) is 21.0. The summed E-state index contributed by atoms with van der Waals surface area (Å²) in [5.41, 5.74) is 2.72. The van der Waals surface area contributed by atoms with Crippen molar-refractivity contribution in [2.75, 3.05) is 6.54 Å². The standard InChI is InChI=1S/C22H28N4O/c1-2-3-4-9-17-26-20-13-6-5-11-18(20)25-21(26)14-10-16-24-22(27)19-12-7-8-15-23-19/h5-8,11-13,15H,2-4,9-10,14,16-17H2,1H3,(H,24,27). The van der Waals surface area contributed by atoms with Crippen molar-refractivity contribution in [3.05, 3.63) is 60.2 Å². The Bertz CT molecular complexity index is 857. The van der Waals surface area contributed by atoms with Crippen LogP contribution >= 0.6 is 0 Å². The van der Waals surface area contributed by atoms with Crippen molar-refractivity contribution in [1.29, 1.82) is 0 Å². The van der Waals surface area contributed by atoms with Crippen LogP contribution in [0.15, 0.2) is 48.7 Å². The van der Waals surface area contributed by atoms with Gasteiger partial charge in [0.1, 0.15) is 11.5 Å². The van der Waals surface area contributed by atoms with Crippen LogP contribution in [0.4, 0.5) is 0 Å². The maximum Gasteiger partial charge on any atom is 0.269 e. The molecule has 2 aromatic heterocycles. The number of rotatable bonds is 10. The van der Waals surface area contributed by atoms with E-state index in [4.69, 9.17) is 4.98 Å². The molecule has 0 aliphatic carbocycles. The van der Waals surface area contributed by atoms with Crippen molar-refractivity contribution >= 4 is 16.9 Å². The van der Waals surface area contributed by atoms with Crippen LogP contribution in [0.25, 0.3) is 11.0 Å². The van der Waals surface area contributed by atoms with Crippen LogP contribution in [0.1, 0.15) is 55.3 Å². The molecule has 0 aliphatic rings. The number of carbonyl (C=O) groups excluding carboxylic acids is 1. The second kappa shape index (κ2) is 9.86. The van der Waals surface area contributed by atoms with Crippen LogP contribution < -0.4 is 5.32 Å². The molecule has 1 amide bonds. The first-order valence-corrected chi connectivity index (χ1v) is 9.93. The average Bonchev–Trinajstić information content (AvgIpc) is 3.06. The summed E-state index contributed by atoms with van der Waals surface area (Å²) in [5.74, 6) is 0.989. The van der Waals surface area contributed by atoms with E-state index in [1.54, 1.807) is 12.3 Å². The Morgan fingerprint density at radius 1 is 1.04 bits per heavy atom. The number of nitrogens with zero attached hydrogens (tertiary/aromatic N) is 3. The summed E-state index contributed by atoms with van der Waals surface area (Å²) >= 11 is 0. The minimum absolute atomic E-state index is 0.122. The zero-order valence-corrected chi connectivity index (χ0v) is 16.0. The molecule has 27 heavy (non-hydrogen) atoms. The number of hydrogen-bond donors (Lipinski definition) is 1. The molecular weight excluding hydrogens is 336 g/mol. The summed E-state index contributed by atoms with van der Waals surface area (Å²) in [5, 5.41) is 2.94. The second-order valence-electron chi connectivity index (χ2n) is 6.80. The van der Waals surface area contributed by atoms with Gasteiger partial charge in [-0.1, -0.05) is 44.4 Å². The lowest BCUT2D eigenvalue weighted by Crippen LogP contribution is -2.25. The number of aryl methyl sites for hydroxylation is 2. The lowest BCUT2D eigenvalue weighted by Gasteiger charge is -2.10. The molecule has 0 bridgehead atoms. The number of amides is 1. The van der Waals surface area contributed by atoms with Crippen LogP contribution in [0.5, 0.6) is 0 Å². The number of pyridine rings is 1. The van der Waals surface area contributed by atoms with Gasteiger partial charge in [-0.25, -0.2) is 4.98 Å². The second-order valence-corrected chi connectivity index (χ2v) is 6.80. The van der Waals surface area contributed by atoms with Gasteiger partial charge >= 0.3 is 0 Å². The van der Waals surface area contributed by atoms with Crippen molar-refractivity contribution < 1.29 is 4.79 Å². The minimum atomic E-state index is -0.122. The Hall–Kier alpha value is -2.69. The molecule has 1 aromatic carbocycles. The first-order valence-electron chi connectivity index (χ1n) is 9.93. The van der Waals surface area contributed by atoms with E-state index in [-0.39, 0.29) is 5.91 Å². The fraction of sp³-hybridized carbons (Fsp3) is 0.409. The molecule has 1 N–H and O–H groups in total. The monoisotopic (exact) mass is 364 g/mol. The normalized spacial score (nSPS) is 11.0. The molecule has 0 saturated heterocycles. The maximum atomic E-state index is 12.1. The molecule has 0 unspecified atom stereocenters. The molecule has 0 atom stereocenters. The van der Waals surface area contributed by atoms with E-state index in [0.29, 0.717) is 12.2 Å². The van der Waals surface area contributed by atoms with Crippen molar-refractivity contribution in [3.63, 3.8) is 0 Å². The van der Waals surface area contributed by atoms with Gasteiger partial charge in [0.05, 0.1) is 11.0 Å². The predicted molar refractivity (Wildman–Crippen MR) is 109 cm³/mol. The van der Waals surface area contributed by atoms with E-state index in [2.05, 4.69) is 40.0 Å². The van der Waals surface area contributed by atoms with Crippen LogP contribution in [-0.4, -0.2) is 27.0 Å². The fourth-order valence-corrected chi connectivity index (χ4v) is 3.30. The molecule has 2 heterocycles. The van der Waals surface area contributed by atoms with Gasteiger partial charge in [0.15, 0.2) is 0 Å². The topological polar surface area (TPSA) is 59.8 Å². The van der Waals surface area contributed by atoms with Crippen molar-refractivity contribution in [1.82, 2.24) is 19.9 Å². The molecule has 0 aliphatic heterocycles. The van der Waals surface area contributed by atoms with Gasteiger partial charge < -0.3 is 9.88 Å². The molecule has 142 valence electrons. The van der Waals surface area contributed by atoms with Crippen LogP contribution in [0.2, 0.25) is 0 Å².